The number of hydrogen-bond acceptors (Lipinski definition) is 3. The average Bonchev–Trinajstić information content (AvgIpc) is 2.33. The zero-order chi connectivity index (χ0) is 9.52. The second-order valence-corrected chi connectivity index (χ2v) is 4.55. The summed E-state index contributed by atoms with van der Waals surface area (Å²) in [5, 5.41) is 0.378. The first-order valence-corrected chi connectivity index (χ1v) is 5.74. The second-order valence-electron chi connectivity index (χ2n) is 3.82. The van der Waals surface area contributed by atoms with E-state index in [2.05, 4.69) is 17.5 Å². The van der Waals surface area contributed by atoms with Crippen LogP contribution in [0.25, 0.3) is 0 Å². The molecular weight excluding hydrogens is 182 g/mol. The molecule has 1 aliphatic rings. The molecule has 1 unspecified atom stereocenters. The highest BCUT2D eigenvalue weighted by Crippen LogP contribution is 2.11. The van der Waals surface area contributed by atoms with Crippen LogP contribution >= 0.6 is 12.6 Å². The highest BCUT2D eigenvalue weighted by molar-refractivity contribution is 7.81. The minimum absolute atomic E-state index is 0.378. The van der Waals surface area contributed by atoms with Crippen molar-refractivity contribution in [3.05, 3.63) is 0 Å². The summed E-state index contributed by atoms with van der Waals surface area (Å²) in [4.78, 5) is 2.52. The molecule has 0 N–H and O–H groups in total. The molecule has 1 atom stereocenters. The van der Waals surface area contributed by atoms with Crippen molar-refractivity contribution in [2.45, 2.75) is 30.9 Å². The van der Waals surface area contributed by atoms with Gasteiger partial charge >= 0.3 is 0 Å². The quantitative estimate of drug-likeness (QED) is 0.700. The third kappa shape index (κ3) is 4.89. The molecule has 1 saturated heterocycles. The molecule has 1 aliphatic heterocycles. The topological polar surface area (TPSA) is 12.5 Å². The van der Waals surface area contributed by atoms with Crippen LogP contribution in [0.2, 0.25) is 0 Å². The zero-order valence-electron chi connectivity index (χ0n) is 8.54. The molecule has 1 fully saturated rings. The first-order valence-electron chi connectivity index (χ1n) is 5.22. The normalized spacial score (nSPS) is 22.6. The first kappa shape index (κ1) is 11.3. The molecule has 2 nitrogen and oxygen atoms in total. The molecule has 0 saturated carbocycles. The maximum absolute atomic E-state index is 5.07. The van der Waals surface area contributed by atoms with E-state index in [1.807, 2.05) is 0 Å². The summed E-state index contributed by atoms with van der Waals surface area (Å²) in [6.45, 7) is 4.35. The molecule has 0 aromatic rings. The van der Waals surface area contributed by atoms with Crippen LogP contribution in [-0.2, 0) is 4.74 Å². The number of rotatable bonds is 4. The van der Waals surface area contributed by atoms with Gasteiger partial charge in [-0.2, -0.15) is 12.6 Å². The van der Waals surface area contributed by atoms with Crippen molar-refractivity contribution < 1.29 is 4.74 Å². The summed E-state index contributed by atoms with van der Waals surface area (Å²) in [6, 6.07) is 0. The van der Waals surface area contributed by atoms with Crippen molar-refractivity contribution in [2.75, 3.05) is 33.4 Å². The van der Waals surface area contributed by atoms with E-state index < -0.39 is 0 Å². The number of nitrogens with zero attached hydrogens (tertiary/aromatic N) is 1. The number of methoxy groups -OCH3 is 1. The summed E-state index contributed by atoms with van der Waals surface area (Å²) in [5.74, 6) is 0. The Morgan fingerprint density at radius 2 is 1.85 bits per heavy atom. The molecule has 3 heteroatoms. The van der Waals surface area contributed by atoms with Gasteiger partial charge in [0.15, 0.2) is 0 Å². The van der Waals surface area contributed by atoms with Crippen LogP contribution in [0.5, 0.6) is 0 Å². The van der Waals surface area contributed by atoms with Gasteiger partial charge in [-0.3, -0.25) is 0 Å². The van der Waals surface area contributed by atoms with Crippen LogP contribution in [0.4, 0.5) is 0 Å². The fourth-order valence-corrected chi connectivity index (χ4v) is 2.24. The van der Waals surface area contributed by atoms with Crippen LogP contribution in [-0.4, -0.2) is 43.5 Å². The molecule has 0 amide bonds. The molecule has 1 heterocycles. The Balaban J connectivity index is 2.17. The average molecular weight is 203 g/mol. The maximum atomic E-state index is 5.07. The standard InChI is InChI=1S/C10H21NOS/c1-12-9-10(13)8-11-6-4-2-3-5-7-11/h10,13H,2-9H2,1H3. The van der Waals surface area contributed by atoms with E-state index >= 15 is 0 Å². The van der Waals surface area contributed by atoms with Crippen LogP contribution in [0.3, 0.4) is 0 Å². The van der Waals surface area contributed by atoms with E-state index in [9.17, 15) is 0 Å². The Bertz CT molecular complexity index is 124. The smallest absolute Gasteiger partial charge is 0.0591 e. The van der Waals surface area contributed by atoms with E-state index in [1.165, 1.54) is 38.8 Å². The van der Waals surface area contributed by atoms with Gasteiger partial charge in [0.2, 0.25) is 0 Å². The highest BCUT2D eigenvalue weighted by Gasteiger charge is 2.12. The second kappa shape index (κ2) is 6.68. The summed E-state index contributed by atoms with van der Waals surface area (Å²) in [6.07, 6.45) is 5.51. The highest BCUT2D eigenvalue weighted by atomic mass is 32.1. The molecule has 1 rings (SSSR count). The monoisotopic (exact) mass is 203 g/mol. The minimum Gasteiger partial charge on any atom is -0.383 e. The van der Waals surface area contributed by atoms with Gasteiger partial charge in [-0.15, -0.1) is 0 Å². The molecule has 0 bridgehead atoms. The van der Waals surface area contributed by atoms with Crippen LogP contribution in [0, 0.1) is 0 Å². The SMILES string of the molecule is COCC(S)CN1CCCCCC1. The van der Waals surface area contributed by atoms with Crippen molar-refractivity contribution in [1.82, 2.24) is 4.90 Å². The van der Waals surface area contributed by atoms with Crippen molar-refractivity contribution in [3.63, 3.8) is 0 Å². The van der Waals surface area contributed by atoms with Crippen molar-refractivity contribution >= 4 is 12.6 Å². The first-order chi connectivity index (χ1) is 6.33. The Labute approximate surface area is 87.0 Å². The Kier molecular flexibility index (Phi) is 5.83. The lowest BCUT2D eigenvalue weighted by molar-refractivity contribution is 0.179. The molecule has 0 aromatic heterocycles. The number of thiol groups is 1. The van der Waals surface area contributed by atoms with Crippen molar-refractivity contribution in [3.8, 4) is 0 Å². The summed E-state index contributed by atoms with van der Waals surface area (Å²) < 4.78 is 5.07. The molecule has 0 aromatic carbocycles. The van der Waals surface area contributed by atoms with Crippen LogP contribution in [0.15, 0.2) is 0 Å². The maximum Gasteiger partial charge on any atom is 0.0591 e. The Hall–Kier alpha value is 0.270. The van der Waals surface area contributed by atoms with Gasteiger partial charge in [-0.25, -0.2) is 0 Å². The van der Waals surface area contributed by atoms with Gasteiger partial charge in [0, 0.05) is 18.9 Å². The minimum atomic E-state index is 0.378. The fourth-order valence-electron chi connectivity index (χ4n) is 1.86. The van der Waals surface area contributed by atoms with Crippen molar-refractivity contribution in [1.29, 1.82) is 0 Å². The van der Waals surface area contributed by atoms with Gasteiger partial charge in [0.1, 0.15) is 0 Å². The predicted octanol–water partition coefficient (Wildman–Crippen LogP) is 1.81. The molecule has 0 radical (unpaired) electrons. The van der Waals surface area contributed by atoms with E-state index in [-0.39, 0.29) is 0 Å². The predicted molar refractivity (Wildman–Crippen MR) is 59.6 cm³/mol. The van der Waals surface area contributed by atoms with Gasteiger partial charge in [0.05, 0.1) is 6.61 Å². The fraction of sp³-hybridized carbons (Fsp3) is 1.00. The van der Waals surface area contributed by atoms with E-state index in [4.69, 9.17) is 4.74 Å². The lowest BCUT2D eigenvalue weighted by Crippen LogP contribution is -2.32. The summed E-state index contributed by atoms with van der Waals surface area (Å²) >= 11 is 4.49. The zero-order valence-corrected chi connectivity index (χ0v) is 9.43. The lowest BCUT2D eigenvalue weighted by atomic mass is 10.2. The van der Waals surface area contributed by atoms with Crippen LogP contribution in [0.1, 0.15) is 25.7 Å². The molecule has 13 heavy (non-hydrogen) atoms. The number of ether oxygens (including phenoxy) is 1. The van der Waals surface area contributed by atoms with E-state index in [0.717, 1.165) is 13.2 Å². The summed E-state index contributed by atoms with van der Waals surface area (Å²) in [7, 11) is 1.74. The molecule has 78 valence electrons. The number of likely N-dealkylation sites (tertiary alicyclic amines) is 1. The Morgan fingerprint density at radius 1 is 1.23 bits per heavy atom. The van der Waals surface area contributed by atoms with Gasteiger partial charge in [0.25, 0.3) is 0 Å². The van der Waals surface area contributed by atoms with E-state index in [1.54, 1.807) is 7.11 Å². The largest absolute Gasteiger partial charge is 0.383 e. The van der Waals surface area contributed by atoms with Crippen molar-refractivity contribution in [2.24, 2.45) is 0 Å². The Morgan fingerprint density at radius 3 is 2.38 bits per heavy atom. The lowest BCUT2D eigenvalue weighted by Gasteiger charge is -2.22. The molecule has 0 aliphatic carbocycles. The van der Waals surface area contributed by atoms with Crippen LogP contribution < -0.4 is 0 Å². The molecule has 0 spiro atoms. The van der Waals surface area contributed by atoms with Gasteiger partial charge in [-0.1, -0.05) is 12.8 Å². The third-order valence-corrected chi connectivity index (χ3v) is 2.84. The summed E-state index contributed by atoms with van der Waals surface area (Å²) in [5.41, 5.74) is 0. The third-order valence-electron chi connectivity index (χ3n) is 2.53. The van der Waals surface area contributed by atoms with Gasteiger partial charge < -0.3 is 9.64 Å². The van der Waals surface area contributed by atoms with E-state index in [0.29, 0.717) is 5.25 Å². The molecular formula is C10H21NOS. The van der Waals surface area contributed by atoms with Gasteiger partial charge in [-0.05, 0) is 25.9 Å². The number of hydrogen-bond donors (Lipinski definition) is 1.